The Labute approximate surface area is 104 Å². The first-order valence-electron chi connectivity index (χ1n) is 5.29. The van der Waals surface area contributed by atoms with Gasteiger partial charge in [0, 0.05) is 11.6 Å². The predicted octanol–water partition coefficient (Wildman–Crippen LogP) is 2.29. The van der Waals surface area contributed by atoms with Crippen LogP contribution in [-0.2, 0) is 14.3 Å². The summed E-state index contributed by atoms with van der Waals surface area (Å²) in [4.78, 5) is 23.7. The molecule has 2 aliphatic carbocycles. The Bertz CT molecular complexity index is 497. The van der Waals surface area contributed by atoms with E-state index in [1.165, 1.54) is 12.2 Å². The normalized spacial score (nSPS) is 26.1. The lowest BCUT2D eigenvalue weighted by Crippen LogP contribution is -2.32. The average Bonchev–Trinajstić information content (AvgIpc) is 2.48. The minimum atomic E-state index is -1.41. The summed E-state index contributed by atoms with van der Waals surface area (Å²) in [5.41, 5.74) is -0.899. The molecule has 0 fully saturated rings. The number of fused-ring (bicyclic) bond motifs is 1. The van der Waals surface area contributed by atoms with E-state index >= 15 is 0 Å². The van der Waals surface area contributed by atoms with Gasteiger partial charge in [-0.2, -0.15) is 0 Å². The fourth-order valence-electron chi connectivity index (χ4n) is 1.98. The second-order valence-electron chi connectivity index (χ2n) is 3.71. The summed E-state index contributed by atoms with van der Waals surface area (Å²) in [7, 11) is 0. The van der Waals surface area contributed by atoms with Gasteiger partial charge in [-0.25, -0.2) is 0 Å². The Kier molecular flexibility index (Phi) is 3.03. The molecule has 0 spiro atoms. The molecule has 2 rings (SSSR count). The fraction of sp³-hybridized carbons (Fsp3) is 0.231. The Morgan fingerprint density at radius 3 is 2.82 bits per heavy atom. The lowest BCUT2D eigenvalue weighted by Gasteiger charge is -2.21. The summed E-state index contributed by atoms with van der Waals surface area (Å²) in [5, 5.41) is -0.709. The van der Waals surface area contributed by atoms with Crippen molar-refractivity contribution in [3.05, 3.63) is 47.8 Å². The summed E-state index contributed by atoms with van der Waals surface area (Å²) in [6.07, 6.45) is 9.67. The Hall–Kier alpha value is -1.61. The second-order valence-corrected chi connectivity index (χ2v) is 4.06. The molecule has 0 heterocycles. The molecule has 0 N–H and O–H groups in total. The van der Waals surface area contributed by atoms with Crippen LogP contribution in [0.5, 0.6) is 0 Å². The van der Waals surface area contributed by atoms with Crippen molar-refractivity contribution < 1.29 is 14.3 Å². The molecule has 0 saturated carbocycles. The predicted molar refractivity (Wildman–Crippen MR) is 64.4 cm³/mol. The highest BCUT2D eigenvalue weighted by Gasteiger charge is 2.51. The zero-order valence-corrected chi connectivity index (χ0v) is 10.0. The fourth-order valence-corrected chi connectivity index (χ4v) is 2.24. The van der Waals surface area contributed by atoms with Crippen LogP contribution in [0.3, 0.4) is 0 Å². The van der Waals surface area contributed by atoms with E-state index in [-0.39, 0.29) is 5.78 Å². The lowest BCUT2D eigenvalue weighted by molar-refractivity contribution is -0.127. The smallest absolute Gasteiger partial charge is 0.244 e. The molecule has 0 aromatic rings. The van der Waals surface area contributed by atoms with Crippen LogP contribution in [0, 0.1) is 5.41 Å². The van der Waals surface area contributed by atoms with Crippen molar-refractivity contribution in [3.63, 3.8) is 0 Å². The summed E-state index contributed by atoms with van der Waals surface area (Å²) in [6, 6.07) is 0. The summed E-state index contributed by atoms with van der Waals surface area (Å²) in [6.45, 7) is 2.24. The summed E-state index contributed by atoms with van der Waals surface area (Å²) >= 11 is 5.61. The van der Waals surface area contributed by atoms with Gasteiger partial charge in [0.2, 0.25) is 5.24 Å². The number of rotatable bonds is 3. The van der Waals surface area contributed by atoms with Crippen LogP contribution in [0.15, 0.2) is 47.8 Å². The second kappa shape index (κ2) is 4.34. The van der Waals surface area contributed by atoms with Crippen LogP contribution in [0.2, 0.25) is 0 Å². The SMILES string of the molecule is CCOC1=CC(=O)C2(C(=O)Cl)C=CC=CC=C12. The van der Waals surface area contributed by atoms with Crippen molar-refractivity contribution in [2.75, 3.05) is 6.61 Å². The first kappa shape index (κ1) is 11.9. The van der Waals surface area contributed by atoms with Gasteiger partial charge in [-0.3, -0.25) is 9.59 Å². The van der Waals surface area contributed by atoms with Crippen LogP contribution in [-0.4, -0.2) is 17.6 Å². The van der Waals surface area contributed by atoms with E-state index in [0.717, 1.165) is 0 Å². The standard InChI is InChI=1S/C13H11ClO3/c1-2-17-10-8-11(15)13(12(14)16)7-5-3-4-6-9(10)13/h3-8H,2H2,1H3. The largest absolute Gasteiger partial charge is 0.493 e. The van der Waals surface area contributed by atoms with Gasteiger partial charge >= 0.3 is 0 Å². The van der Waals surface area contributed by atoms with E-state index in [1.807, 2.05) is 6.92 Å². The molecule has 0 bridgehead atoms. The molecule has 4 heteroatoms. The highest BCUT2D eigenvalue weighted by atomic mass is 35.5. The van der Waals surface area contributed by atoms with Crippen molar-refractivity contribution in [1.29, 1.82) is 0 Å². The highest BCUT2D eigenvalue weighted by Crippen LogP contribution is 2.44. The van der Waals surface area contributed by atoms with E-state index in [2.05, 4.69) is 0 Å². The molecule has 2 aliphatic rings. The molecule has 88 valence electrons. The van der Waals surface area contributed by atoms with Gasteiger partial charge < -0.3 is 4.74 Å². The third-order valence-electron chi connectivity index (χ3n) is 2.78. The topological polar surface area (TPSA) is 43.4 Å². The third-order valence-corrected chi connectivity index (χ3v) is 3.08. The van der Waals surface area contributed by atoms with Crippen molar-refractivity contribution in [2.24, 2.45) is 5.41 Å². The van der Waals surface area contributed by atoms with Crippen LogP contribution in [0.4, 0.5) is 0 Å². The van der Waals surface area contributed by atoms with Gasteiger partial charge in [-0.15, -0.1) is 0 Å². The molecule has 0 aliphatic heterocycles. The maximum atomic E-state index is 12.0. The first-order chi connectivity index (χ1) is 8.13. The number of hydrogen-bond donors (Lipinski definition) is 0. The zero-order valence-electron chi connectivity index (χ0n) is 9.27. The molecule has 0 radical (unpaired) electrons. The highest BCUT2D eigenvalue weighted by molar-refractivity contribution is 6.68. The van der Waals surface area contributed by atoms with Crippen LogP contribution < -0.4 is 0 Å². The molecular formula is C13H11ClO3. The Morgan fingerprint density at radius 2 is 2.18 bits per heavy atom. The number of allylic oxidation sites excluding steroid dienone is 7. The molecule has 17 heavy (non-hydrogen) atoms. The molecule has 3 nitrogen and oxygen atoms in total. The number of carbonyl (C=O) groups is 2. The van der Waals surface area contributed by atoms with Crippen LogP contribution >= 0.6 is 11.6 Å². The first-order valence-corrected chi connectivity index (χ1v) is 5.66. The summed E-state index contributed by atoms with van der Waals surface area (Å²) in [5.74, 6) is 0.0647. The van der Waals surface area contributed by atoms with Crippen LogP contribution in [0.1, 0.15) is 6.92 Å². The number of ether oxygens (including phenoxy) is 1. The Morgan fingerprint density at radius 1 is 1.41 bits per heavy atom. The van der Waals surface area contributed by atoms with Crippen molar-refractivity contribution >= 4 is 22.6 Å². The minimum Gasteiger partial charge on any atom is -0.493 e. The van der Waals surface area contributed by atoms with Gasteiger partial charge in [0.05, 0.1) is 6.61 Å². The van der Waals surface area contributed by atoms with Crippen LogP contribution in [0.25, 0.3) is 0 Å². The molecule has 1 unspecified atom stereocenters. The van der Waals surface area contributed by atoms with Gasteiger partial charge in [-0.05, 0) is 18.5 Å². The number of halogens is 1. The quantitative estimate of drug-likeness (QED) is 0.570. The zero-order chi connectivity index (χ0) is 12.5. The van der Waals surface area contributed by atoms with Crippen molar-refractivity contribution in [3.8, 4) is 0 Å². The van der Waals surface area contributed by atoms with Crippen molar-refractivity contribution in [1.82, 2.24) is 0 Å². The van der Waals surface area contributed by atoms with E-state index in [0.29, 0.717) is 17.9 Å². The molecule has 0 amide bonds. The third kappa shape index (κ3) is 1.67. The monoisotopic (exact) mass is 250 g/mol. The molecule has 0 aromatic carbocycles. The molecule has 0 saturated heterocycles. The maximum absolute atomic E-state index is 12.0. The average molecular weight is 251 g/mol. The van der Waals surface area contributed by atoms with E-state index in [1.54, 1.807) is 24.3 Å². The van der Waals surface area contributed by atoms with Gasteiger partial charge in [-0.1, -0.05) is 30.4 Å². The molecule has 0 aromatic heterocycles. The van der Waals surface area contributed by atoms with E-state index in [4.69, 9.17) is 16.3 Å². The lowest BCUT2D eigenvalue weighted by atomic mass is 9.81. The Balaban J connectivity index is 2.57. The summed E-state index contributed by atoms with van der Waals surface area (Å²) < 4.78 is 5.37. The van der Waals surface area contributed by atoms with Crippen molar-refractivity contribution in [2.45, 2.75) is 6.92 Å². The number of hydrogen-bond acceptors (Lipinski definition) is 3. The molecular weight excluding hydrogens is 240 g/mol. The van der Waals surface area contributed by atoms with E-state index < -0.39 is 10.7 Å². The molecule has 1 atom stereocenters. The number of ketones is 1. The van der Waals surface area contributed by atoms with Gasteiger partial charge in [0.25, 0.3) is 0 Å². The van der Waals surface area contributed by atoms with Gasteiger partial charge in [0.15, 0.2) is 11.2 Å². The minimum absolute atomic E-state index is 0.354. The van der Waals surface area contributed by atoms with E-state index in [9.17, 15) is 9.59 Å². The maximum Gasteiger partial charge on any atom is 0.244 e. The van der Waals surface area contributed by atoms with Gasteiger partial charge in [0.1, 0.15) is 5.76 Å². The number of carbonyl (C=O) groups excluding carboxylic acids is 2.